The Morgan fingerprint density at radius 3 is 2.97 bits per heavy atom. The van der Waals surface area contributed by atoms with E-state index < -0.39 is 10.0 Å². The van der Waals surface area contributed by atoms with Crippen molar-refractivity contribution in [2.75, 3.05) is 29.9 Å². The maximum absolute atomic E-state index is 13.3. The number of anilines is 1. The highest BCUT2D eigenvalue weighted by atomic mass is 32.2. The molecule has 0 unspecified atom stereocenters. The molecule has 0 aliphatic carbocycles. The zero-order valence-electron chi connectivity index (χ0n) is 16.7. The van der Waals surface area contributed by atoms with Crippen LogP contribution in [0.25, 0.3) is 5.65 Å². The van der Waals surface area contributed by atoms with Gasteiger partial charge in [-0.25, -0.2) is 13.4 Å². The molecule has 1 fully saturated rings. The average molecular weight is 442 g/mol. The molecule has 1 saturated heterocycles. The van der Waals surface area contributed by atoms with Gasteiger partial charge in [-0.3, -0.25) is 0 Å². The van der Waals surface area contributed by atoms with Crippen LogP contribution < -0.4 is 5.32 Å². The summed E-state index contributed by atoms with van der Waals surface area (Å²) in [4.78, 5) is 4.50. The number of benzene rings is 1. The van der Waals surface area contributed by atoms with E-state index in [0.29, 0.717) is 30.9 Å². The van der Waals surface area contributed by atoms with Crippen LogP contribution >= 0.6 is 11.8 Å². The molecule has 3 heterocycles. The Hall–Kier alpha value is -2.54. The van der Waals surface area contributed by atoms with E-state index in [4.69, 9.17) is 0 Å². The van der Waals surface area contributed by atoms with Crippen LogP contribution in [0.2, 0.25) is 0 Å². The van der Waals surface area contributed by atoms with Crippen LogP contribution in [0.5, 0.6) is 0 Å². The number of sulfonamides is 1. The summed E-state index contributed by atoms with van der Waals surface area (Å²) >= 11 is 1.77. The highest BCUT2D eigenvalue weighted by molar-refractivity contribution is 7.99. The predicted molar refractivity (Wildman–Crippen MR) is 119 cm³/mol. The molecule has 1 aromatic carbocycles. The molecule has 156 valence electrons. The number of imidazole rings is 1. The third kappa shape index (κ3) is 4.03. The lowest BCUT2D eigenvalue weighted by molar-refractivity contribution is 0.434. The van der Waals surface area contributed by atoms with Crippen LogP contribution in [-0.4, -0.2) is 46.7 Å². The third-order valence-electron chi connectivity index (χ3n) is 5.16. The van der Waals surface area contributed by atoms with Crippen molar-refractivity contribution in [3.05, 3.63) is 59.5 Å². The van der Waals surface area contributed by atoms with Gasteiger partial charge in [-0.2, -0.15) is 21.3 Å². The number of aromatic nitrogens is 2. The van der Waals surface area contributed by atoms with Gasteiger partial charge in [0.05, 0.1) is 5.56 Å². The van der Waals surface area contributed by atoms with Crippen molar-refractivity contribution in [1.29, 1.82) is 5.26 Å². The van der Waals surface area contributed by atoms with Gasteiger partial charge in [0.2, 0.25) is 10.0 Å². The lowest BCUT2D eigenvalue weighted by Crippen LogP contribution is -2.34. The van der Waals surface area contributed by atoms with E-state index >= 15 is 0 Å². The fraction of sp³-hybridized carbons (Fsp3) is 0.333. The molecule has 1 N–H and O–H groups in total. The molecule has 4 rings (SSSR count). The van der Waals surface area contributed by atoms with Gasteiger partial charge in [-0.1, -0.05) is 6.07 Å². The normalized spacial score (nSPS) is 15.6. The Labute approximate surface area is 180 Å². The van der Waals surface area contributed by atoms with E-state index in [-0.39, 0.29) is 10.5 Å². The van der Waals surface area contributed by atoms with Gasteiger partial charge in [-0.05, 0) is 42.9 Å². The molecule has 1 aliphatic rings. The summed E-state index contributed by atoms with van der Waals surface area (Å²) in [7, 11) is -3.71. The lowest BCUT2D eigenvalue weighted by atomic mass is 10.1. The van der Waals surface area contributed by atoms with Crippen molar-refractivity contribution in [3.63, 3.8) is 0 Å². The molecule has 0 amide bonds. The van der Waals surface area contributed by atoms with Gasteiger partial charge in [-0.15, -0.1) is 0 Å². The molecule has 2 aromatic heterocycles. The Kier molecular flexibility index (Phi) is 5.99. The maximum Gasteiger partial charge on any atom is 0.244 e. The monoisotopic (exact) mass is 441 g/mol. The number of nitrogens with one attached hydrogen (secondary N) is 1. The topological polar surface area (TPSA) is 90.5 Å². The fourth-order valence-corrected chi connectivity index (χ4v) is 6.55. The predicted octanol–water partition coefficient (Wildman–Crippen LogP) is 3.25. The summed E-state index contributed by atoms with van der Waals surface area (Å²) < 4.78 is 30.0. The molecule has 0 bridgehead atoms. The van der Waals surface area contributed by atoms with Crippen LogP contribution in [0.3, 0.4) is 0 Å². The van der Waals surface area contributed by atoms with E-state index in [9.17, 15) is 13.7 Å². The number of aryl methyl sites for hydroxylation is 1. The van der Waals surface area contributed by atoms with Gasteiger partial charge in [0.25, 0.3) is 0 Å². The Bertz CT molecular complexity index is 1210. The molecule has 1 aliphatic heterocycles. The van der Waals surface area contributed by atoms with E-state index in [1.807, 2.05) is 28.9 Å². The quantitative estimate of drug-likeness (QED) is 0.654. The molecule has 0 spiro atoms. The van der Waals surface area contributed by atoms with Crippen LogP contribution in [0.15, 0.2) is 47.8 Å². The minimum absolute atomic E-state index is 0.123. The van der Waals surface area contributed by atoms with Gasteiger partial charge in [0.1, 0.15) is 16.6 Å². The molecular weight excluding hydrogens is 418 g/mol. The molecule has 30 heavy (non-hydrogen) atoms. The second kappa shape index (κ2) is 8.68. The van der Waals surface area contributed by atoms with Crippen LogP contribution in [-0.2, 0) is 16.6 Å². The number of hydrogen-bond donors (Lipinski definition) is 1. The minimum atomic E-state index is -3.71. The van der Waals surface area contributed by atoms with Gasteiger partial charge < -0.3 is 9.72 Å². The number of pyridine rings is 1. The Morgan fingerprint density at radius 1 is 1.27 bits per heavy atom. The third-order valence-corrected chi connectivity index (χ3v) is 8.31. The molecule has 9 heteroatoms. The summed E-state index contributed by atoms with van der Waals surface area (Å²) in [6, 6.07) is 9.46. The molecule has 3 aromatic rings. The smallest absolute Gasteiger partial charge is 0.244 e. The summed E-state index contributed by atoms with van der Waals surface area (Å²) in [6.07, 6.45) is 6.39. The SMILES string of the molecule is Cc1cc(NCc2cccn3ccnc23)cc(C#N)c1S(=O)(=O)N1CCCSCC1. The maximum atomic E-state index is 13.3. The largest absolute Gasteiger partial charge is 0.381 e. The van der Waals surface area contributed by atoms with Crippen molar-refractivity contribution >= 4 is 33.1 Å². The van der Waals surface area contributed by atoms with Gasteiger partial charge in [0.15, 0.2) is 0 Å². The number of fused-ring (bicyclic) bond motifs is 1. The van der Waals surface area contributed by atoms with Crippen molar-refractivity contribution < 1.29 is 8.42 Å². The zero-order valence-corrected chi connectivity index (χ0v) is 18.3. The second-order valence-corrected chi connectivity index (χ2v) is 10.3. The van der Waals surface area contributed by atoms with Crippen molar-refractivity contribution in [2.24, 2.45) is 0 Å². The van der Waals surface area contributed by atoms with Gasteiger partial charge >= 0.3 is 0 Å². The number of nitrogens with zero attached hydrogens (tertiary/aromatic N) is 4. The first-order chi connectivity index (χ1) is 14.5. The summed E-state index contributed by atoms with van der Waals surface area (Å²) in [6.45, 7) is 3.24. The second-order valence-electron chi connectivity index (χ2n) is 7.20. The number of thioether (sulfide) groups is 1. The lowest BCUT2D eigenvalue weighted by Gasteiger charge is -2.22. The summed E-state index contributed by atoms with van der Waals surface area (Å²) in [5.41, 5.74) is 3.33. The van der Waals surface area contributed by atoms with Crippen molar-refractivity contribution in [3.8, 4) is 6.07 Å². The standard InChI is InChI=1S/C21H23N5O2S2/c1-16-12-19(24-15-17-4-2-6-25-8-5-23-21(17)25)13-18(14-22)20(16)30(27,28)26-7-3-10-29-11-9-26/h2,4-6,8,12-13,24H,3,7,9-11,15H2,1H3. The summed E-state index contributed by atoms with van der Waals surface area (Å²) in [5.74, 6) is 1.74. The van der Waals surface area contributed by atoms with Crippen molar-refractivity contribution in [2.45, 2.75) is 24.8 Å². The molecular formula is C21H23N5O2S2. The van der Waals surface area contributed by atoms with Crippen LogP contribution in [0.1, 0.15) is 23.1 Å². The Morgan fingerprint density at radius 2 is 2.13 bits per heavy atom. The summed E-state index contributed by atoms with van der Waals surface area (Å²) in [5, 5.41) is 13.0. The first-order valence-electron chi connectivity index (χ1n) is 9.78. The first-order valence-corrected chi connectivity index (χ1v) is 12.4. The van der Waals surface area contributed by atoms with Crippen molar-refractivity contribution in [1.82, 2.24) is 13.7 Å². The van der Waals surface area contributed by atoms with Crippen LogP contribution in [0.4, 0.5) is 5.69 Å². The number of hydrogen-bond acceptors (Lipinski definition) is 6. The van der Waals surface area contributed by atoms with Crippen LogP contribution in [0, 0.1) is 18.3 Å². The Balaban J connectivity index is 1.62. The number of rotatable bonds is 5. The minimum Gasteiger partial charge on any atom is -0.381 e. The first kappa shape index (κ1) is 20.7. The molecule has 0 radical (unpaired) electrons. The van der Waals surface area contributed by atoms with E-state index in [0.717, 1.165) is 29.1 Å². The highest BCUT2D eigenvalue weighted by Crippen LogP contribution is 2.29. The highest BCUT2D eigenvalue weighted by Gasteiger charge is 2.29. The van der Waals surface area contributed by atoms with E-state index in [2.05, 4.69) is 16.4 Å². The van der Waals surface area contributed by atoms with E-state index in [1.54, 1.807) is 37.0 Å². The number of nitriles is 1. The van der Waals surface area contributed by atoms with E-state index in [1.165, 1.54) is 4.31 Å². The zero-order chi connectivity index (χ0) is 21.1. The average Bonchev–Trinajstić information content (AvgIpc) is 3.04. The molecule has 0 atom stereocenters. The van der Waals surface area contributed by atoms with Gasteiger partial charge in [0, 0.05) is 55.2 Å². The fourth-order valence-electron chi connectivity index (χ4n) is 3.74. The molecule has 7 nitrogen and oxygen atoms in total. The molecule has 0 saturated carbocycles.